The van der Waals surface area contributed by atoms with Crippen molar-refractivity contribution >= 4 is 0 Å². The van der Waals surface area contributed by atoms with Crippen molar-refractivity contribution < 1.29 is 0 Å². The molecule has 1 fully saturated rings. The van der Waals surface area contributed by atoms with Crippen molar-refractivity contribution in [2.24, 2.45) is 23.2 Å². The van der Waals surface area contributed by atoms with Crippen LogP contribution in [0.25, 0.3) is 0 Å². The molecule has 0 radical (unpaired) electrons. The van der Waals surface area contributed by atoms with E-state index in [9.17, 15) is 0 Å². The minimum absolute atomic E-state index is 0.510. The Morgan fingerprint density at radius 1 is 1.00 bits per heavy atom. The Hall–Kier alpha value is -0.0400. The Kier molecular flexibility index (Phi) is 7.58. The normalized spacial score (nSPS) is 25.9. The van der Waals surface area contributed by atoms with Crippen molar-refractivity contribution in [3.05, 3.63) is 0 Å². The first-order chi connectivity index (χ1) is 9.34. The summed E-state index contributed by atoms with van der Waals surface area (Å²) in [6.07, 6.45) is 9.95. The summed E-state index contributed by atoms with van der Waals surface area (Å²) >= 11 is 0. The summed E-state index contributed by atoms with van der Waals surface area (Å²) in [5.74, 6) is 2.73. The molecule has 1 atom stereocenters. The van der Waals surface area contributed by atoms with E-state index in [0.717, 1.165) is 30.3 Å². The third-order valence-electron chi connectivity index (χ3n) is 5.33. The molecule has 0 aromatic heterocycles. The van der Waals surface area contributed by atoms with Crippen molar-refractivity contribution in [1.29, 1.82) is 0 Å². The maximum absolute atomic E-state index is 3.78. The zero-order chi connectivity index (χ0) is 15.2. The molecule has 0 heterocycles. The van der Waals surface area contributed by atoms with Crippen LogP contribution in [-0.4, -0.2) is 12.6 Å². The lowest BCUT2D eigenvalue weighted by Gasteiger charge is -2.40. The minimum Gasteiger partial charge on any atom is -0.314 e. The molecule has 1 nitrogen and oxygen atoms in total. The molecule has 0 saturated heterocycles. The van der Waals surface area contributed by atoms with Gasteiger partial charge < -0.3 is 5.32 Å². The minimum atomic E-state index is 0.510. The Labute approximate surface area is 128 Å². The highest BCUT2D eigenvalue weighted by Gasteiger charge is 2.32. The summed E-state index contributed by atoms with van der Waals surface area (Å²) in [5, 5.41) is 3.78. The fourth-order valence-electron chi connectivity index (χ4n) is 3.90. The third-order valence-corrected chi connectivity index (χ3v) is 5.33. The highest BCUT2D eigenvalue weighted by atomic mass is 14.9. The van der Waals surface area contributed by atoms with Crippen LogP contribution < -0.4 is 5.32 Å². The van der Waals surface area contributed by atoms with Crippen molar-refractivity contribution in [2.75, 3.05) is 6.54 Å². The molecule has 0 aliphatic heterocycles. The average Bonchev–Trinajstić information content (AvgIpc) is 2.36. The van der Waals surface area contributed by atoms with Gasteiger partial charge in [0.25, 0.3) is 0 Å². The van der Waals surface area contributed by atoms with Crippen LogP contribution in [0.4, 0.5) is 0 Å². The lowest BCUT2D eigenvalue weighted by Crippen LogP contribution is -2.39. The zero-order valence-electron chi connectivity index (χ0n) is 15.0. The molecule has 20 heavy (non-hydrogen) atoms. The van der Waals surface area contributed by atoms with Crippen molar-refractivity contribution in [3.63, 3.8) is 0 Å². The molecule has 1 aliphatic carbocycles. The summed E-state index contributed by atoms with van der Waals surface area (Å²) in [6, 6.07) is 0.777. The topological polar surface area (TPSA) is 12.0 Å². The molecule has 1 rings (SSSR count). The van der Waals surface area contributed by atoms with Gasteiger partial charge in [0.2, 0.25) is 0 Å². The second-order valence-electron chi connectivity index (χ2n) is 8.47. The van der Waals surface area contributed by atoms with Crippen LogP contribution in [0.5, 0.6) is 0 Å². The van der Waals surface area contributed by atoms with Crippen molar-refractivity contribution in [2.45, 2.75) is 92.5 Å². The van der Waals surface area contributed by atoms with Gasteiger partial charge in [-0.2, -0.15) is 0 Å². The lowest BCUT2D eigenvalue weighted by molar-refractivity contribution is 0.130. The van der Waals surface area contributed by atoms with E-state index in [4.69, 9.17) is 0 Å². The second-order valence-corrected chi connectivity index (χ2v) is 8.47. The Morgan fingerprint density at radius 3 is 2.05 bits per heavy atom. The van der Waals surface area contributed by atoms with Crippen LogP contribution >= 0.6 is 0 Å². The fraction of sp³-hybridized carbons (Fsp3) is 1.00. The first-order valence-electron chi connectivity index (χ1n) is 9.08. The van der Waals surface area contributed by atoms with E-state index in [2.05, 4.69) is 46.9 Å². The number of hydrogen-bond acceptors (Lipinski definition) is 1. The van der Waals surface area contributed by atoms with Crippen molar-refractivity contribution in [3.8, 4) is 0 Å². The molecule has 1 aliphatic rings. The number of hydrogen-bond donors (Lipinski definition) is 1. The van der Waals surface area contributed by atoms with E-state index in [1.165, 1.54) is 44.9 Å². The molecule has 0 bridgehead atoms. The largest absolute Gasteiger partial charge is 0.314 e. The van der Waals surface area contributed by atoms with Gasteiger partial charge >= 0.3 is 0 Å². The first-order valence-corrected chi connectivity index (χ1v) is 9.08. The van der Waals surface area contributed by atoms with Gasteiger partial charge in [0, 0.05) is 6.04 Å². The summed E-state index contributed by atoms with van der Waals surface area (Å²) in [5.41, 5.74) is 0.510. The standard InChI is InChI=1S/C19H39N/c1-7-20-18(10-8-9-15(2)3)16-11-13-17(14-12-16)19(4,5)6/h15-18,20H,7-14H2,1-6H3. The molecule has 1 N–H and O–H groups in total. The average molecular weight is 282 g/mol. The molecule has 1 unspecified atom stereocenters. The molecular formula is C19H39N. The lowest BCUT2D eigenvalue weighted by atomic mass is 9.68. The van der Waals surface area contributed by atoms with Crippen LogP contribution in [0, 0.1) is 23.2 Å². The number of nitrogens with one attached hydrogen (secondary N) is 1. The maximum atomic E-state index is 3.78. The summed E-state index contributed by atoms with van der Waals surface area (Å²) in [4.78, 5) is 0. The quantitative estimate of drug-likeness (QED) is 0.636. The van der Waals surface area contributed by atoms with E-state index >= 15 is 0 Å². The highest BCUT2D eigenvalue weighted by molar-refractivity contribution is 4.85. The smallest absolute Gasteiger partial charge is 0.00952 e. The van der Waals surface area contributed by atoms with Crippen LogP contribution in [0.2, 0.25) is 0 Å². The van der Waals surface area contributed by atoms with Gasteiger partial charge in [-0.3, -0.25) is 0 Å². The van der Waals surface area contributed by atoms with E-state index < -0.39 is 0 Å². The highest BCUT2D eigenvalue weighted by Crippen LogP contribution is 2.41. The molecule has 0 amide bonds. The van der Waals surface area contributed by atoms with Crippen LogP contribution in [0.15, 0.2) is 0 Å². The summed E-state index contributed by atoms with van der Waals surface area (Å²) < 4.78 is 0. The maximum Gasteiger partial charge on any atom is 0.00952 e. The Bertz CT molecular complexity index is 243. The van der Waals surface area contributed by atoms with Crippen LogP contribution in [-0.2, 0) is 0 Å². The molecule has 1 saturated carbocycles. The summed E-state index contributed by atoms with van der Waals surface area (Å²) in [6.45, 7) is 15.3. The SMILES string of the molecule is CCNC(CCCC(C)C)C1CCC(C(C)(C)C)CC1. The van der Waals surface area contributed by atoms with Gasteiger partial charge in [-0.05, 0) is 61.8 Å². The van der Waals surface area contributed by atoms with Gasteiger partial charge in [0.1, 0.15) is 0 Å². The molecule has 120 valence electrons. The van der Waals surface area contributed by atoms with Gasteiger partial charge in [-0.15, -0.1) is 0 Å². The third kappa shape index (κ3) is 6.16. The monoisotopic (exact) mass is 281 g/mol. The summed E-state index contributed by atoms with van der Waals surface area (Å²) in [7, 11) is 0. The molecular weight excluding hydrogens is 242 g/mol. The van der Waals surface area contributed by atoms with Gasteiger partial charge in [0.05, 0.1) is 0 Å². The predicted octanol–water partition coefficient (Wildman–Crippen LogP) is 5.64. The fourth-order valence-corrected chi connectivity index (χ4v) is 3.90. The van der Waals surface area contributed by atoms with E-state index in [0.29, 0.717) is 5.41 Å². The van der Waals surface area contributed by atoms with Crippen molar-refractivity contribution in [1.82, 2.24) is 5.32 Å². The Morgan fingerprint density at radius 2 is 1.60 bits per heavy atom. The van der Waals surface area contributed by atoms with Gasteiger partial charge in [0.15, 0.2) is 0 Å². The van der Waals surface area contributed by atoms with E-state index in [-0.39, 0.29) is 0 Å². The van der Waals surface area contributed by atoms with Crippen LogP contribution in [0.1, 0.15) is 86.5 Å². The zero-order valence-corrected chi connectivity index (χ0v) is 15.0. The molecule has 0 spiro atoms. The van der Waals surface area contributed by atoms with Gasteiger partial charge in [-0.1, -0.05) is 54.4 Å². The Balaban J connectivity index is 2.41. The first kappa shape index (κ1) is 18.0. The number of rotatable bonds is 7. The molecule has 1 heteroatoms. The van der Waals surface area contributed by atoms with Crippen LogP contribution in [0.3, 0.4) is 0 Å². The predicted molar refractivity (Wildman–Crippen MR) is 91.1 cm³/mol. The molecule has 0 aromatic rings. The molecule has 0 aromatic carbocycles. The van der Waals surface area contributed by atoms with E-state index in [1.54, 1.807) is 0 Å². The van der Waals surface area contributed by atoms with E-state index in [1.807, 2.05) is 0 Å². The van der Waals surface area contributed by atoms with Gasteiger partial charge in [-0.25, -0.2) is 0 Å². The second kappa shape index (κ2) is 8.41.